The summed E-state index contributed by atoms with van der Waals surface area (Å²) in [6.07, 6.45) is 1.71. The van der Waals surface area contributed by atoms with Gasteiger partial charge >= 0.3 is 0 Å². The maximum atomic E-state index is 5.43. The first-order valence-electron chi connectivity index (χ1n) is 7.57. The zero-order valence-electron chi connectivity index (χ0n) is 13.4. The molecule has 0 aromatic carbocycles. The number of nitrogens with one attached hydrogen (secondary N) is 1. The molecule has 0 saturated carbocycles. The van der Waals surface area contributed by atoms with Crippen LogP contribution in [0.2, 0.25) is 0 Å². The van der Waals surface area contributed by atoms with Crippen LogP contribution < -0.4 is 10.2 Å². The fraction of sp³-hybridized carbons (Fsp3) is 0.471. The second-order valence-corrected chi connectivity index (χ2v) is 5.54. The van der Waals surface area contributed by atoms with E-state index in [2.05, 4.69) is 50.0 Å². The standard InChI is InChI=1S/C17H25N3O/c1-5-20(12-16-7-6-10-21-16)17-9-8-15(14(4)19-17)11-18-13(2)3/h6-10,13,18H,5,11-12H2,1-4H3. The number of furan rings is 1. The SMILES string of the molecule is CCN(Cc1ccco1)c1ccc(CNC(C)C)c(C)n1. The number of nitrogens with zero attached hydrogens (tertiary/aromatic N) is 2. The van der Waals surface area contributed by atoms with E-state index in [0.29, 0.717) is 6.04 Å². The summed E-state index contributed by atoms with van der Waals surface area (Å²) in [4.78, 5) is 6.96. The van der Waals surface area contributed by atoms with Gasteiger partial charge in [0, 0.05) is 24.8 Å². The van der Waals surface area contributed by atoms with E-state index in [1.165, 1.54) is 5.56 Å². The van der Waals surface area contributed by atoms with E-state index < -0.39 is 0 Å². The molecule has 2 heterocycles. The Balaban J connectivity index is 2.09. The van der Waals surface area contributed by atoms with E-state index in [4.69, 9.17) is 9.40 Å². The molecular weight excluding hydrogens is 262 g/mol. The lowest BCUT2D eigenvalue weighted by atomic mass is 10.2. The molecule has 0 saturated heterocycles. The third-order valence-electron chi connectivity index (χ3n) is 3.51. The number of rotatable bonds is 7. The number of anilines is 1. The van der Waals surface area contributed by atoms with Gasteiger partial charge in [0.15, 0.2) is 0 Å². The first kappa shape index (κ1) is 15.6. The van der Waals surface area contributed by atoms with E-state index >= 15 is 0 Å². The highest BCUT2D eigenvalue weighted by atomic mass is 16.3. The summed E-state index contributed by atoms with van der Waals surface area (Å²) in [5.41, 5.74) is 2.33. The number of pyridine rings is 1. The van der Waals surface area contributed by atoms with Crippen LogP contribution >= 0.6 is 0 Å². The fourth-order valence-corrected chi connectivity index (χ4v) is 2.20. The van der Waals surface area contributed by atoms with E-state index in [-0.39, 0.29) is 0 Å². The summed E-state index contributed by atoms with van der Waals surface area (Å²) < 4.78 is 5.43. The van der Waals surface area contributed by atoms with Crippen LogP contribution in [0.1, 0.15) is 37.8 Å². The van der Waals surface area contributed by atoms with Crippen LogP contribution in [0.4, 0.5) is 5.82 Å². The molecule has 0 amide bonds. The molecule has 0 spiro atoms. The fourth-order valence-electron chi connectivity index (χ4n) is 2.20. The third kappa shape index (κ3) is 4.33. The molecule has 1 N–H and O–H groups in total. The van der Waals surface area contributed by atoms with Crippen molar-refractivity contribution < 1.29 is 4.42 Å². The Morgan fingerprint density at radius 3 is 2.67 bits per heavy atom. The Kier molecular flexibility index (Phi) is 5.39. The maximum Gasteiger partial charge on any atom is 0.129 e. The molecule has 0 aliphatic heterocycles. The highest BCUT2D eigenvalue weighted by molar-refractivity contribution is 5.41. The van der Waals surface area contributed by atoms with Crippen LogP contribution in [0.3, 0.4) is 0 Å². The summed E-state index contributed by atoms with van der Waals surface area (Å²) in [6, 6.07) is 8.66. The van der Waals surface area contributed by atoms with Gasteiger partial charge in [0.25, 0.3) is 0 Å². The van der Waals surface area contributed by atoms with Crippen molar-refractivity contribution in [3.63, 3.8) is 0 Å². The highest BCUT2D eigenvalue weighted by Gasteiger charge is 2.10. The first-order chi connectivity index (χ1) is 10.1. The Morgan fingerprint density at radius 2 is 2.10 bits per heavy atom. The summed E-state index contributed by atoms with van der Waals surface area (Å²) in [5, 5.41) is 3.43. The van der Waals surface area contributed by atoms with E-state index in [9.17, 15) is 0 Å². The molecule has 0 bridgehead atoms. The minimum absolute atomic E-state index is 0.482. The van der Waals surface area contributed by atoms with E-state index in [1.807, 2.05) is 12.1 Å². The molecule has 0 atom stereocenters. The van der Waals surface area contributed by atoms with Crippen molar-refractivity contribution in [2.45, 2.75) is 46.8 Å². The van der Waals surface area contributed by atoms with Gasteiger partial charge < -0.3 is 14.6 Å². The van der Waals surface area contributed by atoms with Gasteiger partial charge in [-0.05, 0) is 37.6 Å². The molecule has 21 heavy (non-hydrogen) atoms. The molecule has 114 valence electrons. The van der Waals surface area contributed by atoms with Crippen molar-refractivity contribution >= 4 is 5.82 Å². The third-order valence-corrected chi connectivity index (χ3v) is 3.51. The van der Waals surface area contributed by atoms with Crippen molar-refractivity contribution in [2.75, 3.05) is 11.4 Å². The lowest BCUT2D eigenvalue weighted by Crippen LogP contribution is -2.24. The smallest absolute Gasteiger partial charge is 0.129 e. The molecule has 0 aliphatic rings. The van der Waals surface area contributed by atoms with E-state index in [0.717, 1.165) is 36.9 Å². The predicted molar refractivity (Wildman–Crippen MR) is 86.4 cm³/mol. The van der Waals surface area contributed by atoms with Crippen molar-refractivity contribution in [2.24, 2.45) is 0 Å². The zero-order valence-corrected chi connectivity index (χ0v) is 13.4. The molecule has 0 radical (unpaired) electrons. The molecule has 0 aliphatic carbocycles. The van der Waals surface area contributed by atoms with Gasteiger partial charge in [0.1, 0.15) is 11.6 Å². The summed E-state index contributed by atoms with van der Waals surface area (Å²) >= 11 is 0. The monoisotopic (exact) mass is 287 g/mol. The molecule has 0 unspecified atom stereocenters. The van der Waals surface area contributed by atoms with Crippen LogP contribution in [-0.2, 0) is 13.1 Å². The molecule has 2 rings (SSSR count). The van der Waals surface area contributed by atoms with Gasteiger partial charge in [-0.1, -0.05) is 19.9 Å². The van der Waals surface area contributed by atoms with Crippen molar-refractivity contribution in [3.8, 4) is 0 Å². The van der Waals surface area contributed by atoms with E-state index in [1.54, 1.807) is 6.26 Å². The maximum absolute atomic E-state index is 5.43. The first-order valence-corrected chi connectivity index (χ1v) is 7.57. The Hall–Kier alpha value is -1.81. The number of aryl methyl sites for hydroxylation is 1. The molecule has 4 heteroatoms. The Morgan fingerprint density at radius 1 is 1.29 bits per heavy atom. The second kappa shape index (κ2) is 7.27. The quantitative estimate of drug-likeness (QED) is 0.846. The van der Waals surface area contributed by atoms with Gasteiger partial charge in [0.05, 0.1) is 12.8 Å². The average Bonchev–Trinajstić information content (AvgIpc) is 2.96. The number of hydrogen-bond donors (Lipinski definition) is 1. The average molecular weight is 287 g/mol. The summed E-state index contributed by atoms with van der Waals surface area (Å²) in [7, 11) is 0. The number of hydrogen-bond acceptors (Lipinski definition) is 4. The predicted octanol–water partition coefficient (Wildman–Crippen LogP) is 3.51. The highest BCUT2D eigenvalue weighted by Crippen LogP contribution is 2.17. The molecule has 0 fully saturated rings. The van der Waals surface area contributed by atoms with Gasteiger partial charge in [-0.3, -0.25) is 0 Å². The van der Waals surface area contributed by atoms with Crippen LogP contribution in [0, 0.1) is 6.92 Å². The van der Waals surface area contributed by atoms with Crippen LogP contribution in [0.25, 0.3) is 0 Å². The molecule has 4 nitrogen and oxygen atoms in total. The van der Waals surface area contributed by atoms with Crippen molar-refractivity contribution in [1.82, 2.24) is 10.3 Å². The Bertz CT molecular complexity index is 549. The normalized spacial score (nSPS) is 11.1. The van der Waals surface area contributed by atoms with Crippen LogP contribution in [-0.4, -0.2) is 17.6 Å². The minimum Gasteiger partial charge on any atom is -0.467 e. The minimum atomic E-state index is 0.482. The topological polar surface area (TPSA) is 41.3 Å². The molecular formula is C17H25N3O. The second-order valence-electron chi connectivity index (χ2n) is 5.54. The molecule has 2 aromatic rings. The summed E-state index contributed by atoms with van der Waals surface area (Å²) in [5.74, 6) is 1.96. The van der Waals surface area contributed by atoms with Gasteiger partial charge in [-0.2, -0.15) is 0 Å². The van der Waals surface area contributed by atoms with Crippen LogP contribution in [0.5, 0.6) is 0 Å². The van der Waals surface area contributed by atoms with Crippen LogP contribution in [0.15, 0.2) is 34.9 Å². The van der Waals surface area contributed by atoms with Gasteiger partial charge in [-0.15, -0.1) is 0 Å². The number of aromatic nitrogens is 1. The van der Waals surface area contributed by atoms with Gasteiger partial charge in [-0.25, -0.2) is 4.98 Å². The van der Waals surface area contributed by atoms with Gasteiger partial charge in [0.2, 0.25) is 0 Å². The summed E-state index contributed by atoms with van der Waals surface area (Å²) in [6.45, 7) is 11.0. The Labute approximate surface area is 127 Å². The lowest BCUT2D eigenvalue weighted by molar-refractivity contribution is 0.502. The lowest BCUT2D eigenvalue weighted by Gasteiger charge is -2.22. The molecule has 2 aromatic heterocycles. The van der Waals surface area contributed by atoms with Crippen molar-refractivity contribution in [1.29, 1.82) is 0 Å². The largest absolute Gasteiger partial charge is 0.467 e. The van der Waals surface area contributed by atoms with Crippen molar-refractivity contribution in [3.05, 3.63) is 47.5 Å². The zero-order chi connectivity index (χ0) is 15.2.